The molecule has 6 nitrogen and oxygen atoms in total. The molecule has 26 heavy (non-hydrogen) atoms. The van der Waals surface area contributed by atoms with Gasteiger partial charge in [0.2, 0.25) is 0 Å². The van der Waals surface area contributed by atoms with E-state index in [9.17, 15) is 4.79 Å². The number of benzene rings is 2. The van der Waals surface area contributed by atoms with Crippen LogP contribution in [-0.4, -0.2) is 29.8 Å². The number of carbonyl (C=O) groups excluding carboxylic acids is 1. The van der Waals surface area contributed by atoms with E-state index in [2.05, 4.69) is 31.4 Å². The topological polar surface area (TPSA) is 76.2 Å². The van der Waals surface area contributed by atoms with Gasteiger partial charge < -0.3 is 14.8 Å². The summed E-state index contributed by atoms with van der Waals surface area (Å²) in [7, 11) is 1.54. The third-order valence-corrected chi connectivity index (χ3v) is 4.30. The van der Waals surface area contributed by atoms with Crippen LogP contribution in [0.5, 0.6) is 11.5 Å². The van der Waals surface area contributed by atoms with Gasteiger partial charge in [0.1, 0.15) is 0 Å². The Hall–Kier alpha value is -2.80. The molecular formula is C19H18BrN3O3. The Labute approximate surface area is 159 Å². The summed E-state index contributed by atoms with van der Waals surface area (Å²) in [6, 6.07) is 12.8. The molecule has 0 aliphatic carbocycles. The number of carbonyl (C=O) groups is 1. The summed E-state index contributed by atoms with van der Waals surface area (Å²) in [5, 5.41) is 9.75. The SMILES string of the molecule is CCOc1c(Br)cc(C(=O)Nc2cccc(-c3ccn[nH]3)c2)cc1OC. The van der Waals surface area contributed by atoms with Crippen LogP contribution in [0.1, 0.15) is 17.3 Å². The van der Waals surface area contributed by atoms with Crippen molar-refractivity contribution < 1.29 is 14.3 Å². The second kappa shape index (κ2) is 8.05. The highest BCUT2D eigenvalue weighted by atomic mass is 79.9. The van der Waals surface area contributed by atoms with Gasteiger partial charge in [-0.3, -0.25) is 9.89 Å². The van der Waals surface area contributed by atoms with Crippen molar-refractivity contribution >= 4 is 27.5 Å². The molecule has 0 unspecified atom stereocenters. The average molecular weight is 416 g/mol. The zero-order valence-corrected chi connectivity index (χ0v) is 16.0. The Morgan fingerprint density at radius 3 is 2.81 bits per heavy atom. The summed E-state index contributed by atoms with van der Waals surface area (Å²) in [5.74, 6) is 0.833. The fourth-order valence-corrected chi connectivity index (χ4v) is 3.08. The van der Waals surface area contributed by atoms with Gasteiger partial charge in [0, 0.05) is 23.0 Å². The lowest BCUT2D eigenvalue weighted by molar-refractivity contribution is 0.102. The molecule has 0 bridgehead atoms. The third-order valence-electron chi connectivity index (χ3n) is 3.71. The lowest BCUT2D eigenvalue weighted by Crippen LogP contribution is -2.12. The van der Waals surface area contributed by atoms with Gasteiger partial charge in [-0.05, 0) is 53.2 Å². The maximum absolute atomic E-state index is 12.7. The monoisotopic (exact) mass is 415 g/mol. The number of nitrogens with one attached hydrogen (secondary N) is 2. The molecule has 0 spiro atoms. The van der Waals surface area contributed by atoms with Crippen LogP contribution < -0.4 is 14.8 Å². The van der Waals surface area contributed by atoms with Crippen LogP contribution in [0.3, 0.4) is 0 Å². The van der Waals surface area contributed by atoms with Crippen molar-refractivity contribution in [2.24, 2.45) is 0 Å². The number of halogens is 1. The van der Waals surface area contributed by atoms with Crippen molar-refractivity contribution in [3.8, 4) is 22.8 Å². The van der Waals surface area contributed by atoms with Gasteiger partial charge in [0.15, 0.2) is 11.5 Å². The van der Waals surface area contributed by atoms with E-state index < -0.39 is 0 Å². The largest absolute Gasteiger partial charge is 0.493 e. The molecule has 3 rings (SSSR count). The number of hydrogen-bond donors (Lipinski definition) is 2. The molecule has 134 valence electrons. The summed E-state index contributed by atoms with van der Waals surface area (Å²) < 4.78 is 11.6. The van der Waals surface area contributed by atoms with E-state index in [0.717, 1.165) is 11.3 Å². The highest BCUT2D eigenvalue weighted by Gasteiger charge is 2.16. The van der Waals surface area contributed by atoms with E-state index >= 15 is 0 Å². The van der Waals surface area contributed by atoms with Gasteiger partial charge in [-0.15, -0.1) is 0 Å². The zero-order chi connectivity index (χ0) is 18.5. The second-order valence-electron chi connectivity index (χ2n) is 5.43. The Balaban J connectivity index is 1.84. The van der Waals surface area contributed by atoms with E-state index in [4.69, 9.17) is 9.47 Å². The maximum Gasteiger partial charge on any atom is 0.255 e. The highest BCUT2D eigenvalue weighted by molar-refractivity contribution is 9.10. The smallest absolute Gasteiger partial charge is 0.255 e. The Morgan fingerprint density at radius 2 is 2.12 bits per heavy atom. The Bertz CT molecular complexity index is 910. The molecule has 3 aromatic rings. The van der Waals surface area contributed by atoms with Crippen molar-refractivity contribution in [1.82, 2.24) is 10.2 Å². The minimum Gasteiger partial charge on any atom is -0.493 e. The van der Waals surface area contributed by atoms with Crippen LogP contribution >= 0.6 is 15.9 Å². The minimum atomic E-state index is -0.242. The predicted octanol–water partition coefficient (Wildman–Crippen LogP) is 4.50. The summed E-state index contributed by atoms with van der Waals surface area (Å²) in [6.45, 7) is 2.39. The van der Waals surface area contributed by atoms with Crippen molar-refractivity contribution in [3.63, 3.8) is 0 Å². The van der Waals surface area contributed by atoms with Gasteiger partial charge in [0.05, 0.1) is 23.9 Å². The van der Waals surface area contributed by atoms with Crippen molar-refractivity contribution in [1.29, 1.82) is 0 Å². The number of hydrogen-bond acceptors (Lipinski definition) is 4. The molecule has 1 heterocycles. The maximum atomic E-state index is 12.7. The van der Waals surface area contributed by atoms with E-state index in [1.54, 1.807) is 25.4 Å². The molecule has 0 saturated carbocycles. The van der Waals surface area contributed by atoms with Gasteiger partial charge in [-0.2, -0.15) is 5.10 Å². The molecule has 0 radical (unpaired) electrons. The van der Waals surface area contributed by atoms with Crippen LogP contribution in [0.25, 0.3) is 11.3 Å². The summed E-state index contributed by atoms with van der Waals surface area (Å²) in [4.78, 5) is 12.7. The number of aromatic nitrogens is 2. The average Bonchev–Trinajstić information content (AvgIpc) is 3.18. The first-order chi connectivity index (χ1) is 12.6. The molecule has 1 aromatic heterocycles. The molecule has 0 saturated heterocycles. The number of aromatic amines is 1. The summed E-state index contributed by atoms with van der Waals surface area (Å²) in [5.41, 5.74) is 2.97. The quantitative estimate of drug-likeness (QED) is 0.621. The first kappa shape index (κ1) is 18.0. The van der Waals surface area contributed by atoms with Crippen LogP contribution in [0.2, 0.25) is 0 Å². The normalized spacial score (nSPS) is 10.4. The number of amides is 1. The van der Waals surface area contributed by atoms with Gasteiger partial charge >= 0.3 is 0 Å². The summed E-state index contributed by atoms with van der Waals surface area (Å²) >= 11 is 3.44. The third kappa shape index (κ3) is 3.88. The molecule has 0 aliphatic heterocycles. The lowest BCUT2D eigenvalue weighted by atomic mass is 10.1. The number of anilines is 1. The molecule has 0 fully saturated rings. The molecule has 2 N–H and O–H groups in total. The summed E-state index contributed by atoms with van der Waals surface area (Å²) in [6.07, 6.45) is 1.68. The second-order valence-corrected chi connectivity index (χ2v) is 6.28. The highest BCUT2D eigenvalue weighted by Crippen LogP contribution is 2.36. The van der Waals surface area contributed by atoms with Gasteiger partial charge in [-0.25, -0.2) is 0 Å². The van der Waals surface area contributed by atoms with E-state index in [0.29, 0.717) is 33.8 Å². The molecular weight excluding hydrogens is 398 g/mol. The first-order valence-electron chi connectivity index (χ1n) is 8.04. The van der Waals surface area contributed by atoms with Crippen LogP contribution in [0.4, 0.5) is 5.69 Å². The van der Waals surface area contributed by atoms with E-state index in [-0.39, 0.29) is 5.91 Å². The van der Waals surface area contributed by atoms with Gasteiger partial charge in [0.25, 0.3) is 5.91 Å². The number of ether oxygens (including phenoxy) is 2. The molecule has 1 amide bonds. The van der Waals surface area contributed by atoms with Crippen molar-refractivity contribution in [3.05, 3.63) is 58.7 Å². The molecule has 7 heteroatoms. The fourth-order valence-electron chi connectivity index (χ4n) is 2.52. The number of nitrogens with zero attached hydrogens (tertiary/aromatic N) is 1. The Morgan fingerprint density at radius 1 is 1.27 bits per heavy atom. The molecule has 2 aromatic carbocycles. The first-order valence-corrected chi connectivity index (χ1v) is 8.83. The van der Waals surface area contributed by atoms with Crippen LogP contribution in [0, 0.1) is 0 Å². The van der Waals surface area contributed by atoms with Gasteiger partial charge in [-0.1, -0.05) is 12.1 Å². The van der Waals surface area contributed by atoms with Crippen molar-refractivity contribution in [2.75, 3.05) is 19.0 Å². The number of H-pyrrole nitrogens is 1. The minimum absolute atomic E-state index is 0.242. The fraction of sp³-hybridized carbons (Fsp3) is 0.158. The predicted molar refractivity (Wildman–Crippen MR) is 104 cm³/mol. The van der Waals surface area contributed by atoms with E-state index in [1.165, 1.54) is 0 Å². The molecule has 0 aliphatic rings. The standard InChI is InChI=1S/C19H18BrN3O3/c1-3-26-18-15(20)10-13(11-17(18)25-2)19(24)22-14-6-4-5-12(9-14)16-7-8-21-23-16/h4-11H,3H2,1-2H3,(H,21,23)(H,22,24). The van der Waals surface area contributed by atoms with Crippen LogP contribution in [-0.2, 0) is 0 Å². The molecule has 0 atom stereocenters. The zero-order valence-electron chi connectivity index (χ0n) is 14.4. The van der Waals surface area contributed by atoms with E-state index in [1.807, 2.05) is 37.3 Å². The Kier molecular flexibility index (Phi) is 5.58. The lowest BCUT2D eigenvalue weighted by Gasteiger charge is -2.13. The van der Waals surface area contributed by atoms with Crippen LogP contribution in [0.15, 0.2) is 53.1 Å². The number of rotatable bonds is 6. The number of methoxy groups -OCH3 is 1. The van der Waals surface area contributed by atoms with Crippen molar-refractivity contribution in [2.45, 2.75) is 6.92 Å².